The molecule has 5 nitrogen and oxygen atoms in total. The van der Waals surface area contributed by atoms with Gasteiger partial charge in [0.15, 0.2) is 0 Å². The summed E-state index contributed by atoms with van der Waals surface area (Å²) in [4.78, 5) is 8.22. The van der Waals surface area contributed by atoms with Gasteiger partial charge in [0, 0.05) is 32.2 Å². The molecule has 1 aromatic heterocycles. The summed E-state index contributed by atoms with van der Waals surface area (Å²) in [6.07, 6.45) is 3.77. The van der Waals surface area contributed by atoms with Gasteiger partial charge >= 0.3 is 0 Å². The molecule has 1 saturated heterocycles. The third-order valence-corrected chi connectivity index (χ3v) is 2.31. The van der Waals surface area contributed by atoms with Crippen LogP contribution in [0.3, 0.4) is 0 Å². The summed E-state index contributed by atoms with van der Waals surface area (Å²) in [6.45, 7) is 1.54. The minimum Gasteiger partial charge on any atom is -0.474 e. The van der Waals surface area contributed by atoms with Crippen molar-refractivity contribution in [3.8, 4) is 5.88 Å². The van der Waals surface area contributed by atoms with Crippen LogP contribution in [0.1, 0.15) is 12.8 Å². The molecule has 2 heterocycles. The standard InChI is InChI=1S/C10H15N3O2/c1-11-10-12-5-2-9(13-10)15-8-3-6-14-7-4-8/h2,5,8H,3-4,6-7H2,1H3,(H,11,12,13). The van der Waals surface area contributed by atoms with E-state index in [2.05, 4.69) is 15.3 Å². The molecule has 15 heavy (non-hydrogen) atoms. The van der Waals surface area contributed by atoms with Crippen LogP contribution >= 0.6 is 0 Å². The van der Waals surface area contributed by atoms with E-state index in [-0.39, 0.29) is 6.10 Å². The SMILES string of the molecule is CNc1nccc(OC2CCOCC2)n1. The first kappa shape index (κ1) is 10.2. The summed E-state index contributed by atoms with van der Waals surface area (Å²) in [5.41, 5.74) is 0. The van der Waals surface area contributed by atoms with Crippen LogP contribution in [-0.2, 0) is 4.74 Å². The van der Waals surface area contributed by atoms with Crippen LogP contribution in [-0.4, -0.2) is 36.3 Å². The van der Waals surface area contributed by atoms with Crippen molar-refractivity contribution in [3.05, 3.63) is 12.3 Å². The van der Waals surface area contributed by atoms with Crippen LogP contribution < -0.4 is 10.1 Å². The van der Waals surface area contributed by atoms with E-state index >= 15 is 0 Å². The predicted molar refractivity (Wildman–Crippen MR) is 56.0 cm³/mol. The van der Waals surface area contributed by atoms with E-state index in [0.717, 1.165) is 26.1 Å². The molecule has 0 bridgehead atoms. The molecular formula is C10H15N3O2. The maximum Gasteiger partial charge on any atom is 0.225 e. The first-order valence-electron chi connectivity index (χ1n) is 5.13. The van der Waals surface area contributed by atoms with Gasteiger partial charge in [-0.2, -0.15) is 4.98 Å². The van der Waals surface area contributed by atoms with E-state index in [1.807, 2.05) is 0 Å². The topological polar surface area (TPSA) is 56.3 Å². The molecular weight excluding hydrogens is 194 g/mol. The number of nitrogens with one attached hydrogen (secondary N) is 1. The quantitative estimate of drug-likeness (QED) is 0.807. The Balaban J connectivity index is 1.96. The molecule has 0 unspecified atom stereocenters. The highest BCUT2D eigenvalue weighted by atomic mass is 16.5. The number of hydrogen-bond acceptors (Lipinski definition) is 5. The lowest BCUT2D eigenvalue weighted by molar-refractivity contribution is 0.0237. The van der Waals surface area contributed by atoms with Gasteiger partial charge in [-0.25, -0.2) is 4.98 Å². The number of aromatic nitrogens is 2. The molecule has 0 radical (unpaired) electrons. The summed E-state index contributed by atoms with van der Waals surface area (Å²) in [5.74, 6) is 1.21. The second-order valence-electron chi connectivity index (χ2n) is 3.40. The largest absolute Gasteiger partial charge is 0.474 e. The first-order valence-corrected chi connectivity index (χ1v) is 5.13. The fourth-order valence-corrected chi connectivity index (χ4v) is 1.49. The predicted octanol–water partition coefficient (Wildman–Crippen LogP) is 1.08. The zero-order chi connectivity index (χ0) is 10.5. The van der Waals surface area contributed by atoms with E-state index in [9.17, 15) is 0 Å². The number of anilines is 1. The van der Waals surface area contributed by atoms with Crippen LogP contribution in [0.25, 0.3) is 0 Å². The van der Waals surface area contributed by atoms with E-state index in [4.69, 9.17) is 9.47 Å². The summed E-state index contributed by atoms with van der Waals surface area (Å²) >= 11 is 0. The Bertz CT molecular complexity index is 313. The molecule has 0 saturated carbocycles. The molecule has 82 valence electrons. The van der Waals surface area contributed by atoms with Crippen molar-refractivity contribution in [1.29, 1.82) is 0 Å². The summed E-state index contributed by atoms with van der Waals surface area (Å²) in [5, 5.41) is 2.88. The van der Waals surface area contributed by atoms with Crippen molar-refractivity contribution in [2.75, 3.05) is 25.6 Å². The summed E-state index contributed by atoms with van der Waals surface area (Å²) in [7, 11) is 1.79. The molecule has 0 aliphatic carbocycles. The van der Waals surface area contributed by atoms with E-state index < -0.39 is 0 Å². The molecule has 0 amide bonds. The molecule has 0 atom stereocenters. The zero-order valence-corrected chi connectivity index (χ0v) is 8.77. The maximum atomic E-state index is 5.73. The molecule has 0 spiro atoms. The number of ether oxygens (including phenoxy) is 2. The van der Waals surface area contributed by atoms with E-state index in [1.165, 1.54) is 0 Å². The van der Waals surface area contributed by atoms with Gasteiger partial charge in [0.1, 0.15) is 6.10 Å². The smallest absolute Gasteiger partial charge is 0.225 e. The average molecular weight is 209 g/mol. The van der Waals surface area contributed by atoms with E-state index in [0.29, 0.717) is 11.8 Å². The Labute approximate surface area is 88.8 Å². The number of hydrogen-bond donors (Lipinski definition) is 1. The van der Waals surface area contributed by atoms with Crippen molar-refractivity contribution in [2.45, 2.75) is 18.9 Å². The third kappa shape index (κ3) is 2.79. The lowest BCUT2D eigenvalue weighted by atomic mass is 10.2. The highest BCUT2D eigenvalue weighted by Crippen LogP contribution is 2.15. The molecule has 1 N–H and O–H groups in total. The van der Waals surface area contributed by atoms with Gasteiger partial charge in [-0.15, -0.1) is 0 Å². The molecule has 0 aromatic carbocycles. The van der Waals surface area contributed by atoms with Gasteiger partial charge in [0.2, 0.25) is 11.8 Å². The lowest BCUT2D eigenvalue weighted by Crippen LogP contribution is -2.26. The Hall–Kier alpha value is -1.36. The Morgan fingerprint density at radius 3 is 3.00 bits per heavy atom. The zero-order valence-electron chi connectivity index (χ0n) is 8.77. The lowest BCUT2D eigenvalue weighted by Gasteiger charge is -2.22. The Morgan fingerprint density at radius 1 is 1.47 bits per heavy atom. The van der Waals surface area contributed by atoms with Crippen LogP contribution in [0.5, 0.6) is 5.88 Å². The summed E-state index contributed by atoms with van der Waals surface area (Å²) < 4.78 is 11.0. The third-order valence-electron chi connectivity index (χ3n) is 2.31. The van der Waals surface area contributed by atoms with Crippen LogP contribution in [0.4, 0.5) is 5.95 Å². The average Bonchev–Trinajstić information content (AvgIpc) is 2.31. The van der Waals surface area contributed by atoms with E-state index in [1.54, 1.807) is 19.3 Å². The van der Waals surface area contributed by atoms with Gasteiger partial charge in [0.25, 0.3) is 0 Å². The molecule has 1 fully saturated rings. The van der Waals surface area contributed by atoms with Gasteiger partial charge < -0.3 is 14.8 Å². The number of nitrogens with zero attached hydrogens (tertiary/aromatic N) is 2. The van der Waals surface area contributed by atoms with Crippen LogP contribution in [0.15, 0.2) is 12.3 Å². The van der Waals surface area contributed by atoms with Crippen molar-refractivity contribution >= 4 is 5.95 Å². The first-order chi connectivity index (χ1) is 7.38. The van der Waals surface area contributed by atoms with Crippen molar-refractivity contribution in [1.82, 2.24) is 9.97 Å². The Morgan fingerprint density at radius 2 is 2.27 bits per heavy atom. The highest BCUT2D eigenvalue weighted by Gasteiger charge is 2.15. The van der Waals surface area contributed by atoms with Crippen molar-refractivity contribution < 1.29 is 9.47 Å². The van der Waals surface area contributed by atoms with Gasteiger partial charge in [-0.1, -0.05) is 0 Å². The van der Waals surface area contributed by atoms with Gasteiger partial charge in [-0.3, -0.25) is 0 Å². The minimum absolute atomic E-state index is 0.221. The molecule has 2 rings (SSSR count). The molecule has 1 aliphatic rings. The highest BCUT2D eigenvalue weighted by molar-refractivity contribution is 5.26. The van der Waals surface area contributed by atoms with Crippen LogP contribution in [0, 0.1) is 0 Å². The summed E-state index contributed by atoms with van der Waals surface area (Å²) in [6, 6.07) is 1.77. The second kappa shape index (κ2) is 4.93. The van der Waals surface area contributed by atoms with Gasteiger partial charge in [0.05, 0.1) is 13.2 Å². The second-order valence-corrected chi connectivity index (χ2v) is 3.40. The molecule has 1 aliphatic heterocycles. The van der Waals surface area contributed by atoms with Crippen LogP contribution in [0.2, 0.25) is 0 Å². The maximum absolute atomic E-state index is 5.73. The normalized spacial score (nSPS) is 17.4. The number of rotatable bonds is 3. The fraction of sp³-hybridized carbons (Fsp3) is 0.600. The Kier molecular flexibility index (Phi) is 3.34. The monoisotopic (exact) mass is 209 g/mol. The van der Waals surface area contributed by atoms with Crippen molar-refractivity contribution in [2.24, 2.45) is 0 Å². The van der Waals surface area contributed by atoms with Crippen molar-refractivity contribution in [3.63, 3.8) is 0 Å². The minimum atomic E-state index is 0.221. The van der Waals surface area contributed by atoms with Gasteiger partial charge in [-0.05, 0) is 0 Å². The molecule has 5 heteroatoms. The fourth-order valence-electron chi connectivity index (χ4n) is 1.49. The molecule has 1 aromatic rings.